The van der Waals surface area contributed by atoms with Crippen LogP contribution in [0, 0.1) is 23.7 Å². The number of sulfone groups is 1. The normalized spacial score (nSPS) is 22.0. The first-order chi connectivity index (χ1) is 25.9. The van der Waals surface area contributed by atoms with Crippen LogP contribution in [0.25, 0.3) is 10.8 Å². The van der Waals surface area contributed by atoms with E-state index in [1.807, 2.05) is 72.8 Å². The van der Waals surface area contributed by atoms with Crippen molar-refractivity contribution in [3.8, 4) is 0 Å². The predicted octanol–water partition coefficient (Wildman–Crippen LogP) is 6.88. The highest BCUT2D eigenvalue weighted by Crippen LogP contribution is 2.45. The van der Waals surface area contributed by atoms with E-state index in [9.17, 15) is 36.3 Å². The molecule has 3 aromatic rings. The molecule has 0 spiro atoms. The van der Waals surface area contributed by atoms with Gasteiger partial charge in [-0.3, -0.25) is 14.5 Å². The van der Waals surface area contributed by atoms with Crippen molar-refractivity contribution in [1.82, 2.24) is 15.5 Å². The van der Waals surface area contributed by atoms with Gasteiger partial charge in [0.1, 0.15) is 12.1 Å². The van der Waals surface area contributed by atoms with Crippen LogP contribution < -0.4 is 10.6 Å². The number of nitrogens with zero attached hydrogens (tertiary/aromatic N) is 1. The van der Waals surface area contributed by atoms with Gasteiger partial charge in [-0.2, -0.15) is 13.2 Å². The Kier molecular flexibility index (Phi) is 13.8. The average molecular weight is 786 g/mol. The summed E-state index contributed by atoms with van der Waals surface area (Å²) in [6, 6.07) is 18.7. The van der Waals surface area contributed by atoms with Gasteiger partial charge in [0.05, 0.1) is 28.6 Å². The fraction of sp³-hybridized carbons (Fsp3) is 0.581. The van der Waals surface area contributed by atoms with E-state index in [0.29, 0.717) is 12.8 Å². The molecule has 302 valence electrons. The highest BCUT2D eigenvalue weighted by atomic mass is 32.2. The number of hydrogen-bond acceptors (Lipinski definition) is 6. The molecular weight excluding hydrogens is 728 g/mol. The van der Waals surface area contributed by atoms with Crippen LogP contribution in [-0.2, 0) is 32.3 Å². The zero-order valence-corrected chi connectivity index (χ0v) is 33.5. The molecule has 5 rings (SSSR count). The lowest BCUT2D eigenvalue weighted by molar-refractivity contribution is -0.219. The summed E-state index contributed by atoms with van der Waals surface area (Å²) in [5.41, 5.74) is 1.58. The van der Waals surface area contributed by atoms with Crippen LogP contribution in [0.3, 0.4) is 0 Å². The zero-order valence-electron chi connectivity index (χ0n) is 32.7. The number of fused-ring (bicyclic) bond motifs is 2. The molecule has 0 radical (unpaired) electrons. The number of carbonyl (C=O) groups is 2. The van der Waals surface area contributed by atoms with E-state index >= 15 is 0 Å². The zero-order chi connectivity index (χ0) is 40.1. The summed E-state index contributed by atoms with van der Waals surface area (Å²) >= 11 is 0. The number of β-amino-alcohol motifs (C(OH)–C–C–N with tert-alkyl or cyclic N) is 1. The Hall–Kier alpha value is -3.48. The van der Waals surface area contributed by atoms with Crippen LogP contribution >= 0.6 is 0 Å². The van der Waals surface area contributed by atoms with Gasteiger partial charge in [0.15, 0.2) is 9.84 Å². The highest BCUT2D eigenvalue weighted by molar-refractivity contribution is 7.92. The monoisotopic (exact) mass is 785 g/mol. The number of amides is 2. The molecule has 0 bridgehead atoms. The SMILES string of the molecule is CC(C)[C@H](NC(=O)[C@H](Cc1cccc2ccccc12)CS(=O)(=O)C(C)(C)C)C(=O)N[C@@H](Cc1ccccc1)[C@@H](O)CN1CC[C@H]2CCCC[C@H]2[C@H]1C(F)(F)F. The fourth-order valence-corrected chi connectivity index (χ4v) is 9.78. The number of piperidine rings is 1. The Balaban J connectivity index is 1.39. The quantitative estimate of drug-likeness (QED) is 0.164. The maximum Gasteiger partial charge on any atom is 0.404 e. The summed E-state index contributed by atoms with van der Waals surface area (Å²) < 4.78 is 69.9. The van der Waals surface area contributed by atoms with Crippen molar-refractivity contribution in [1.29, 1.82) is 0 Å². The fourth-order valence-electron chi connectivity index (χ4n) is 8.48. The standard InChI is InChI=1S/C43H58F3N3O5S/c1-28(2)38(48-40(51)33(27-55(53,54)42(3,4)5)25-32-19-13-18-30-16-9-11-20-34(30)32)41(52)47-36(24-29-14-7-6-8-15-29)37(50)26-49-23-22-31-17-10-12-21-35(31)39(49)43(44,45)46/h6-9,11,13-16,18-20,28,31,33,35-39,50H,10,12,17,21-27H2,1-5H3,(H,47,52)(H,48,51)/t31-,33-,35-,36+,37+,38+,39+/m1/s1. The van der Waals surface area contributed by atoms with Crippen LogP contribution in [0.15, 0.2) is 72.8 Å². The number of rotatable bonds is 14. The van der Waals surface area contributed by atoms with E-state index in [1.54, 1.807) is 34.6 Å². The van der Waals surface area contributed by atoms with Gasteiger partial charge in [-0.05, 0) is 92.7 Å². The van der Waals surface area contributed by atoms with Gasteiger partial charge in [-0.25, -0.2) is 8.42 Å². The summed E-state index contributed by atoms with van der Waals surface area (Å²) in [7, 11) is -3.77. The number of halogens is 3. The van der Waals surface area contributed by atoms with E-state index in [-0.39, 0.29) is 31.8 Å². The summed E-state index contributed by atoms with van der Waals surface area (Å²) in [6.45, 7) is 8.20. The van der Waals surface area contributed by atoms with Gasteiger partial charge < -0.3 is 15.7 Å². The number of alkyl halides is 3. The minimum absolute atomic E-state index is 0.00632. The van der Waals surface area contributed by atoms with Gasteiger partial charge in [0.2, 0.25) is 11.8 Å². The lowest BCUT2D eigenvalue weighted by Crippen LogP contribution is -2.61. The van der Waals surface area contributed by atoms with Gasteiger partial charge in [-0.15, -0.1) is 0 Å². The molecule has 1 aliphatic heterocycles. The second-order valence-corrected chi connectivity index (χ2v) is 19.8. The molecule has 1 saturated carbocycles. The van der Waals surface area contributed by atoms with E-state index in [4.69, 9.17) is 0 Å². The van der Waals surface area contributed by atoms with Crippen molar-refractivity contribution in [2.75, 3.05) is 18.8 Å². The first kappa shape index (κ1) is 42.7. The van der Waals surface area contributed by atoms with E-state index in [2.05, 4.69) is 10.6 Å². The van der Waals surface area contributed by atoms with Crippen LogP contribution in [0.5, 0.6) is 0 Å². The number of hydrogen-bond donors (Lipinski definition) is 3. The summed E-state index contributed by atoms with van der Waals surface area (Å²) in [6.07, 6.45) is -1.95. The predicted molar refractivity (Wildman–Crippen MR) is 211 cm³/mol. The van der Waals surface area contributed by atoms with Crippen molar-refractivity contribution < 1.29 is 36.3 Å². The van der Waals surface area contributed by atoms with Gasteiger partial charge in [-0.1, -0.05) is 106 Å². The molecule has 0 aromatic heterocycles. The molecule has 3 aromatic carbocycles. The Morgan fingerprint density at radius 2 is 1.51 bits per heavy atom. The van der Waals surface area contributed by atoms with E-state index in [1.165, 1.54) is 4.90 Å². The lowest BCUT2D eigenvalue weighted by atomic mass is 9.70. The van der Waals surface area contributed by atoms with Crippen LogP contribution in [0.4, 0.5) is 13.2 Å². The Morgan fingerprint density at radius 1 is 0.855 bits per heavy atom. The second kappa shape index (κ2) is 17.8. The Bertz CT molecular complexity index is 1860. The third kappa shape index (κ3) is 10.7. The second-order valence-electron chi connectivity index (χ2n) is 17.0. The topological polar surface area (TPSA) is 116 Å². The Labute approximate surface area is 324 Å². The van der Waals surface area contributed by atoms with Gasteiger partial charge in [0.25, 0.3) is 0 Å². The molecule has 2 amide bonds. The van der Waals surface area contributed by atoms with Gasteiger partial charge >= 0.3 is 6.18 Å². The minimum Gasteiger partial charge on any atom is -0.390 e. The van der Waals surface area contributed by atoms with Crippen LogP contribution in [-0.4, -0.2) is 84.2 Å². The molecular formula is C43H58F3N3O5S. The van der Waals surface area contributed by atoms with Crippen molar-refractivity contribution in [2.24, 2.45) is 23.7 Å². The number of carbonyl (C=O) groups excluding carboxylic acids is 2. The van der Waals surface area contributed by atoms with Gasteiger partial charge in [0, 0.05) is 6.54 Å². The summed E-state index contributed by atoms with van der Waals surface area (Å²) in [4.78, 5) is 29.7. The largest absolute Gasteiger partial charge is 0.404 e. The molecule has 2 fully saturated rings. The van der Waals surface area contributed by atoms with Crippen molar-refractivity contribution >= 4 is 32.4 Å². The lowest BCUT2D eigenvalue weighted by Gasteiger charge is -2.49. The molecule has 12 heteroatoms. The minimum atomic E-state index is -4.46. The highest BCUT2D eigenvalue weighted by Gasteiger charge is 2.53. The molecule has 2 aliphatic rings. The van der Waals surface area contributed by atoms with Crippen LogP contribution in [0.1, 0.15) is 77.8 Å². The first-order valence-electron chi connectivity index (χ1n) is 19.7. The maximum atomic E-state index is 14.7. The van der Waals surface area contributed by atoms with E-state index in [0.717, 1.165) is 41.2 Å². The third-order valence-corrected chi connectivity index (χ3v) is 14.4. The number of aliphatic hydroxyl groups excluding tert-OH is 1. The number of likely N-dealkylation sites (tertiary alicyclic amines) is 1. The molecule has 1 saturated heterocycles. The maximum absolute atomic E-state index is 14.7. The van der Waals surface area contributed by atoms with Crippen molar-refractivity contribution in [3.63, 3.8) is 0 Å². The smallest absolute Gasteiger partial charge is 0.390 e. The molecule has 55 heavy (non-hydrogen) atoms. The average Bonchev–Trinajstić information content (AvgIpc) is 3.12. The first-order valence-corrected chi connectivity index (χ1v) is 21.3. The number of benzene rings is 3. The molecule has 0 unspecified atom stereocenters. The summed E-state index contributed by atoms with van der Waals surface area (Å²) in [5, 5.41) is 19.3. The van der Waals surface area contributed by atoms with Crippen LogP contribution in [0.2, 0.25) is 0 Å². The molecule has 8 nitrogen and oxygen atoms in total. The molecule has 3 N–H and O–H groups in total. The number of nitrogens with one attached hydrogen (secondary N) is 2. The molecule has 1 aliphatic carbocycles. The van der Waals surface area contributed by atoms with Crippen molar-refractivity contribution in [2.45, 2.75) is 115 Å². The van der Waals surface area contributed by atoms with E-state index < -0.39 is 80.3 Å². The summed E-state index contributed by atoms with van der Waals surface area (Å²) in [5.74, 6) is -3.64. The Morgan fingerprint density at radius 3 is 2.18 bits per heavy atom. The number of aliphatic hydroxyl groups is 1. The molecule has 1 heterocycles. The van der Waals surface area contributed by atoms with Crippen molar-refractivity contribution in [3.05, 3.63) is 83.9 Å². The molecule has 7 atom stereocenters. The third-order valence-electron chi connectivity index (χ3n) is 11.7.